The Morgan fingerprint density at radius 1 is 1.19 bits per heavy atom. The molecule has 31 heavy (non-hydrogen) atoms. The maximum atomic E-state index is 12.5. The molecule has 0 radical (unpaired) electrons. The van der Waals surface area contributed by atoms with Crippen LogP contribution in [0.2, 0.25) is 5.02 Å². The summed E-state index contributed by atoms with van der Waals surface area (Å²) in [5.74, 6) is 0.243. The van der Waals surface area contributed by atoms with Crippen LogP contribution in [0, 0.1) is 13.8 Å². The number of sulfone groups is 1. The Kier molecular flexibility index (Phi) is 6.32. The minimum atomic E-state index is -3.10. The van der Waals surface area contributed by atoms with Crippen molar-refractivity contribution in [2.75, 3.05) is 22.6 Å². The highest BCUT2D eigenvalue weighted by atomic mass is 35.5. The van der Waals surface area contributed by atoms with Crippen LogP contribution in [-0.2, 0) is 21.2 Å². The Bertz CT molecular complexity index is 1130. The number of fused-ring (bicyclic) bond motifs is 1. The van der Waals surface area contributed by atoms with E-state index in [1.54, 1.807) is 0 Å². The van der Waals surface area contributed by atoms with Gasteiger partial charge in [0.15, 0.2) is 15.0 Å². The number of halogens is 1. The van der Waals surface area contributed by atoms with Crippen LogP contribution in [0.5, 0.6) is 0 Å². The molecule has 4 rings (SSSR count). The highest BCUT2D eigenvalue weighted by Gasteiger charge is 2.46. The summed E-state index contributed by atoms with van der Waals surface area (Å²) >= 11 is 7.34. The third-order valence-electron chi connectivity index (χ3n) is 5.47. The molecule has 0 saturated carbocycles. The summed E-state index contributed by atoms with van der Waals surface area (Å²) < 4.78 is 24.3. The van der Waals surface area contributed by atoms with E-state index in [9.17, 15) is 13.2 Å². The second-order valence-electron chi connectivity index (χ2n) is 8.03. The number of benzene rings is 2. The molecule has 1 amide bonds. The number of rotatable bonds is 5. The standard InChI is InChI=1S/C22H24ClN3O3S2/c1-14-3-8-18(15(2)9-14)24-21(27)11-30-22-25-19-12-31(28,29)13-20(19)26(22)10-16-4-6-17(23)7-5-16/h3-9,19-20H,10-13H2,1-2H3,(H,24,27). The summed E-state index contributed by atoms with van der Waals surface area (Å²) in [6.07, 6.45) is 0. The van der Waals surface area contributed by atoms with Crippen molar-refractivity contribution in [2.45, 2.75) is 32.5 Å². The Hall–Kier alpha value is -2.03. The van der Waals surface area contributed by atoms with Gasteiger partial charge in [-0.05, 0) is 43.2 Å². The Balaban J connectivity index is 1.45. The third-order valence-corrected chi connectivity index (χ3v) is 8.43. The van der Waals surface area contributed by atoms with E-state index in [0.29, 0.717) is 11.6 Å². The van der Waals surface area contributed by atoms with E-state index in [0.717, 1.165) is 27.5 Å². The largest absolute Gasteiger partial charge is 0.341 e. The molecule has 1 fully saturated rings. The minimum absolute atomic E-state index is 0.0631. The van der Waals surface area contributed by atoms with Gasteiger partial charge in [0.2, 0.25) is 5.91 Å². The normalized spacial score (nSPS) is 21.6. The van der Waals surface area contributed by atoms with Gasteiger partial charge in [0.05, 0.1) is 29.3 Å². The number of carbonyl (C=O) groups excluding carboxylic acids is 1. The Morgan fingerprint density at radius 3 is 2.65 bits per heavy atom. The SMILES string of the molecule is Cc1ccc(NC(=O)CSC2=NC3CS(=O)(=O)CC3N2Cc2ccc(Cl)cc2)c(C)c1. The fourth-order valence-electron chi connectivity index (χ4n) is 3.95. The zero-order valence-electron chi connectivity index (χ0n) is 17.3. The number of amides is 1. The van der Waals surface area contributed by atoms with Crippen molar-refractivity contribution in [1.29, 1.82) is 0 Å². The van der Waals surface area contributed by atoms with Gasteiger partial charge < -0.3 is 10.2 Å². The molecule has 0 bridgehead atoms. The molecule has 9 heteroatoms. The van der Waals surface area contributed by atoms with E-state index < -0.39 is 9.84 Å². The predicted molar refractivity (Wildman–Crippen MR) is 128 cm³/mol. The van der Waals surface area contributed by atoms with Crippen molar-refractivity contribution < 1.29 is 13.2 Å². The van der Waals surface area contributed by atoms with Crippen molar-refractivity contribution in [2.24, 2.45) is 4.99 Å². The van der Waals surface area contributed by atoms with Crippen LogP contribution in [0.4, 0.5) is 5.69 Å². The van der Waals surface area contributed by atoms with Gasteiger partial charge in [-0.1, -0.05) is 53.2 Å². The number of aliphatic imine (C=N–C) groups is 1. The quantitative estimate of drug-likeness (QED) is 0.710. The second-order valence-corrected chi connectivity index (χ2v) is 11.6. The van der Waals surface area contributed by atoms with E-state index >= 15 is 0 Å². The van der Waals surface area contributed by atoms with Crippen molar-refractivity contribution >= 4 is 50.0 Å². The molecule has 2 unspecified atom stereocenters. The Morgan fingerprint density at radius 2 is 1.94 bits per heavy atom. The molecule has 2 aliphatic heterocycles. The molecule has 1 saturated heterocycles. The topological polar surface area (TPSA) is 78.8 Å². The minimum Gasteiger partial charge on any atom is -0.341 e. The number of amidine groups is 1. The fraction of sp³-hybridized carbons (Fsp3) is 0.364. The summed E-state index contributed by atoms with van der Waals surface area (Å²) in [6, 6.07) is 12.9. The van der Waals surface area contributed by atoms with Crippen LogP contribution in [0.3, 0.4) is 0 Å². The van der Waals surface area contributed by atoms with Crippen molar-refractivity contribution in [3.05, 3.63) is 64.2 Å². The number of carbonyl (C=O) groups is 1. The van der Waals surface area contributed by atoms with Crippen LogP contribution < -0.4 is 5.32 Å². The van der Waals surface area contributed by atoms with Gasteiger partial charge in [0.25, 0.3) is 0 Å². The van der Waals surface area contributed by atoms with Crippen LogP contribution in [0.1, 0.15) is 16.7 Å². The molecule has 2 atom stereocenters. The maximum Gasteiger partial charge on any atom is 0.234 e. The van der Waals surface area contributed by atoms with Gasteiger partial charge in [0.1, 0.15) is 0 Å². The van der Waals surface area contributed by atoms with Gasteiger partial charge >= 0.3 is 0 Å². The lowest BCUT2D eigenvalue weighted by molar-refractivity contribution is -0.113. The number of thioether (sulfide) groups is 1. The summed E-state index contributed by atoms with van der Waals surface area (Å²) in [7, 11) is -3.10. The zero-order chi connectivity index (χ0) is 22.2. The fourth-order valence-corrected chi connectivity index (χ4v) is 6.86. The van der Waals surface area contributed by atoms with Gasteiger partial charge in [-0.25, -0.2) is 8.42 Å². The van der Waals surface area contributed by atoms with Crippen molar-refractivity contribution in [1.82, 2.24) is 4.90 Å². The van der Waals surface area contributed by atoms with E-state index in [1.807, 2.05) is 61.2 Å². The average molecular weight is 478 g/mol. The number of aryl methyl sites for hydroxylation is 2. The molecule has 1 N–H and O–H groups in total. The van der Waals surface area contributed by atoms with E-state index in [2.05, 4.69) is 10.3 Å². The molecule has 0 aliphatic carbocycles. The zero-order valence-corrected chi connectivity index (χ0v) is 19.7. The first-order valence-corrected chi connectivity index (χ1v) is 13.2. The van der Waals surface area contributed by atoms with Gasteiger partial charge in [-0.3, -0.25) is 9.79 Å². The van der Waals surface area contributed by atoms with Crippen LogP contribution in [0.15, 0.2) is 47.5 Å². The summed E-state index contributed by atoms with van der Waals surface area (Å²) in [5, 5.41) is 4.32. The van der Waals surface area contributed by atoms with Crippen molar-refractivity contribution in [3.63, 3.8) is 0 Å². The molecule has 0 spiro atoms. The smallest absolute Gasteiger partial charge is 0.234 e. The molecule has 2 aromatic carbocycles. The lowest BCUT2D eigenvalue weighted by atomic mass is 10.1. The van der Waals surface area contributed by atoms with Gasteiger partial charge in [0, 0.05) is 17.3 Å². The molecule has 6 nitrogen and oxygen atoms in total. The van der Waals surface area contributed by atoms with Crippen LogP contribution in [0.25, 0.3) is 0 Å². The van der Waals surface area contributed by atoms with Crippen LogP contribution in [-0.4, -0.2) is 53.7 Å². The van der Waals surface area contributed by atoms with E-state index in [1.165, 1.54) is 11.8 Å². The number of anilines is 1. The average Bonchev–Trinajstić information content (AvgIpc) is 3.16. The monoisotopic (exact) mass is 477 g/mol. The second kappa shape index (κ2) is 8.84. The van der Waals surface area contributed by atoms with Crippen molar-refractivity contribution in [3.8, 4) is 0 Å². The first kappa shape index (κ1) is 22.2. The van der Waals surface area contributed by atoms with Gasteiger partial charge in [-0.2, -0.15) is 0 Å². The lowest BCUT2D eigenvalue weighted by Crippen LogP contribution is -2.38. The van der Waals surface area contributed by atoms with E-state index in [-0.39, 0.29) is 35.2 Å². The predicted octanol–water partition coefficient (Wildman–Crippen LogP) is 3.67. The first-order chi connectivity index (χ1) is 14.7. The molecular formula is C22H24ClN3O3S2. The summed E-state index contributed by atoms with van der Waals surface area (Å²) in [6.45, 7) is 4.50. The summed E-state index contributed by atoms with van der Waals surface area (Å²) in [5.41, 5.74) is 3.97. The molecule has 2 aliphatic rings. The number of hydrogen-bond acceptors (Lipinski definition) is 6. The highest BCUT2D eigenvalue weighted by Crippen LogP contribution is 2.32. The van der Waals surface area contributed by atoms with Crippen LogP contribution >= 0.6 is 23.4 Å². The number of nitrogens with one attached hydrogen (secondary N) is 1. The molecule has 0 aromatic heterocycles. The molecule has 2 heterocycles. The molecule has 2 aromatic rings. The molecular weight excluding hydrogens is 454 g/mol. The third kappa shape index (κ3) is 5.25. The number of hydrogen-bond donors (Lipinski definition) is 1. The highest BCUT2D eigenvalue weighted by molar-refractivity contribution is 8.14. The Labute approximate surface area is 192 Å². The van der Waals surface area contributed by atoms with E-state index in [4.69, 9.17) is 11.6 Å². The van der Waals surface area contributed by atoms with Gasteiger partial charge in [-0.15, -0.1) is 0 Å². The summed E-state index contributed by atoms with van der Waals surface area (Å²) in [4.78, 5) is 19.2. The lowest BCUT2D eigenvalue weighted by Gasteiger charge is -2.26. The molecule has 164 valence electrons. The number of nitrogens with zero attached hydrogens (tertiary/aromatic N) is 2. The first-order valence-electron chi connectivity index (χ1n) is 9.99. The maximum absolute atomic E-state index is 12.5.